The summed E-state index contributed by atoms with van der Waals surface area (Å²) >= 11 is 7.20. The fourth-order valence-electron chi connectivity index (χ4n) is 2.36. The number of anilines is 1. The van der Waals surface area contributed by atoms with Crippen LogP contribution in [0.25, 0.3) is 0 Å². The standard InChI is InChI=1S/C12H16ClN5O8S2/c13-9-4-10-11(5-12(9)28(14,23)24)27-16(7-15-10)3-1-2-8(26-18(21)22)6-25-17(19)20/h4-5,8,15H,1-3,6-7H2,(H2,14,23,24). The van der Waals surface area contributed by atoms with Crippen molar-refractivity contribution in [2.75, 3.05) is 25.1 Å². The number of hydrogen-bond acceptors (Lipinski definition) is 11. The molecule has 1 atom stereocenters. The van der Waals surface area contributed by atoms with E-state index < -0.39 is 32.9 Å². The summed E-state index contributed by atoms with van der Waals surface area (Å²) in [7, 11) is -3.98. The highest BCUT2D eigenvalue weighted by molar-refractivity contribution is 7.97. The molecule has 0 amide bonds. The Hall–Kier alpha value is -2.07. The molecular weight excluding hydrogens is 442 g/mol. The van der Waals surface area contributed by atoms with Crippen LogP contribution in [0.3, 0.4) is 0 Å². The number of benzene rings is 1. The zero-order valence-corrected chi connectivity index (χ0v) is 16.5. The number of halogens is 1. The van der Waals surface area contributed by atoms with Gasteiger partial charge in [-0.25, -0.2) is 17.9 Å². The number of rotatable bonds is 10. The summed E-state index contributed by atoms with van der Waals surface area (Å²) in [5.74, 6) is 0. The Bertz CT molecular complexity index is 855. The molecule has 28 heavy (non-hydrogen) atoms. The molecule has 0 spiro atoms. The second-order valence-electron chi connectivity index (χ2n) is 5.57. The molecule has 0 radical (unpaired) electrons. The molecule has 1 aromatic carbocycles. The van der Waals surface area contributed by atoms with Crippen molar-refractivity contribution in [1.82, 2.24) is 4.31 Å². The molecule has 1 heterocycles. The fourth-order valence-corrected chi connectivity index (χ4v) is 4.56. The van der Waals surface area contributed by atoms with E-state index in [2.05, 4.69) is 15.0 Å². The van der Waals surface area contributed by atoms with Gasteiger partial charge in [0, 0.05) is 11.4 Å². The van der Waals surface area contributed by atoms with E-state index >= 15 is 0 Å². The van der Waals surface area contributed by atoms with Crippen LogP contribution in [0.1, 0.15) is 12.8 Å². The molecule has 1 unspecified atom stereocenters. The second-order valence-corrected chi connectivity index (χ2v) is 8.64. The number of fused-ring (bicyclic) bond motifs is 1. The first-order valence-electron chi connectivity index (χ1n) is 7.68. The summed E-state index contributed by atoms with van der Waals surface area (Å²) in [6.07, 6.45) is -0.538. The molecule has 13 nitrogen and oxygen atoms in total. The van der Waals surface area contributed by atoms with E-state index in [-0.39, 0.29) is 16.3 Å². The maximum atomic E-state index is 11.6. The van der Waals surface area contributed by atoms with Crippen molar-refractivity contribution in [3.63, 3.8) is 0 Å². The number of nitrogens with two attached hydrogens (primary N) is 1. The molecule has 2 rings (SSSR count). The molecule has 16 heteroatoms. The monoisotopic (exact) mass is 457 g/mol. The molecule has 0 fully saturated rings. The highest BCUT2D eigenvalue weighted by atomic mass is 35.5. The minimum Gasteiger partial charge on any atom is -0.371 e. The summed E-state index contributed by atoms with van der Waals surface area (Å²) < 4.78 is 25.0. The first-order chi connectivity index (χ1) is 13.1. The zero-order valence-electron chi connectivity index (χ0n) is 14.1. The maximum Gasteiger partial charge on any atom is 0.294 e. The van der Waals surface area contributed by atoms with Crippen molar-refractivity contribution in [3.8, 4) is 0 Å². The Morgan fingerprint density at radius 1 is 1.36 bits per heavy atom. The Morgan fingerprint density at radius 3 is 2.68 bits per heavy atom. The lowest BCUT2D eigenvalue weighted by Gasteiger charge is -2.29. The van der Waals surface area contributed by atoms with E-state index in [0.29, 0.717) is 30.2 Å². The van der Waals surface area contributed by atoms with E-state index in [1.165, 1.54) is 24.1 Å². The smallest absolute Gasteiger partial charge is 0.294 e. The molecular formula is C12H16ClN5O8S2. The third-order valence-corrected chi connectivity index (χ3v) is 6.03. The van der Waals surface area contributed by atoms with Gasteiger partial charge < -0.3 is 15.0 Å². The van der Waals surface area contributed by atoms with E-state index in [4.69, 9.17) is 16.7 Å². The van der Waals surface area contributed by atoms with Gasteiger partial charge >= 0.3 is 0 Å². The number of hydrogen-bond donors (Lipinski definition) is 2. The predicted octanol–water partition coefficient (Wildman–Crippen LogP) is 1.24. The minimum absolute atomic E-state index is 0.00774. The summed E-state index contributed by atoms with van der Waals surface area (Å²) in [4.78, 5) is 29.6. The zero-order chi connectivity index (χ0) is 20.9. The summed E-state index contributed by atoms with van der Waals surface area (Å²) in [5.41, 5.74) is 0.646. The first-order valence-corrected chi connectivity index (χ1v) is 10.4. The van der Waals surface area contributed by atoms with Crippen LogP contribution in [0.2, 0.25) is 5.02 Å². The van der Waals surface area contributed by atoms with Crippen LogP contribution in [-0.2, 0) is 19.7 Å². The summed E-state index contributed by atoms with van der Waals surface area (Å²) in [5, 5.41) is 26.8. The van der Waals surface area contributed by atoms with Crippen LogP contribution in [0.4, 0.5) is 5.69 Å². The quantitative estimate of drug-likeness (QED) is 0.293. The highest BCUT2D eigenvalue weighted by Crippen LogP contribution is 2.38. The van der Waals surface area contributed by atoms with Gasteiger partial charge in [0.15, 0.2) is 0 Å². The lowest BCUT2D eigenvalue weighted by molar-refractivity contribution is -0.790. The molecule has 0 aromatic heterocycles. The van der Waals surface area contributed by atoms with Crippen molar-refractivity contribution >= 4 is 39.3 Å². The van der Waals surface area contributed by atoms with Crippen LogP contribution in [0.15, 0.2) is 21.9 Å². The first kappa shape index (κ1) is 22.2. The van der Waals surface area contributed by atoms with Crippen molar-refractivity contribution in [2.45, 2.75) is 28.7 Å². The predicted molar refractivity (Wildman–Crippen MR) is 97.9 cm³/mol. The van der Waals surface area contributed by atoms with E-state index in [1.807, 2.05) is 4.31 Å². The van der Waals surface area contributed by atoms with Gasteiger partial charge in [0.05, 0.1) is 17.4 Å². The number of primary sulfonamides is 1. The van der Waals surface area contributed by atoms with Gasteiger partial charge in [0.25, 0.3) is 10.2 Å². The van der Waals surface area contributed by atoms with E-state index in [1.54, 1.807) is 0 Å². The van der Waals surface area contributed by atoms with Crippen molar-refractivity contribution < 1.29 is 28.3 Å². The van der Waals surface area contributed by atoms with Gasteiger partial charge in [-0.1, -0.05) is 11.6 Å². The minimum atomic E-state index is -3.98. The average Bonchev–Trinajstić information content (AvgIpc) is 2.57. The van der Waals surface area contributed by atoms with Gasteiger partial charge in [-0.3, -0.25) is 0 Å². The van der Waals surface area contributed by atoms with Crippen LogP contribution in [0.5, 0.6) is 0 Å². The Kier molecular flexibility index (Phi) is 7.48. The topological polar surface area (TPSA) is 180 Å². The normalized spacial score (nSPS) is 15.2. The number of nitrogens with zero attached hydrogens (tertiary/aromatic N) is 3. The Labute approximate surface area is 168 Å². The number of nitrogens with one attached hydrogen (secondary N) is 1. The average molecular weight is 458 g/mol. The molecule has 0 bridgehead atoms. The SMILES string of the molecule is NS(=O)(=O)c1cc2c(cc1Cl)NCN(CCCC(CO[N+](=O)[O-])O[N+](=O)[O-])S2. The van der Waals surface area contributed by atoms with Gasteiger partial charge in [-0.05, 0) is 36.9 Å². The molecule has 156 valence electrons. The van der Waals surface area contributed by atoms with Crippen molar-refractivity contribution in [2.24, 2.45) is 5.14 Å². The van der Waals surface area contributed by atoms with Crippen LogP contribution in [0, 0.1) is 20.2 Å². The summed E-state index contributed by atoms with van der Waals surface area (Å²) in [6, 6.07) is 2.83. The Morgan fingerprint density at radius 2 is 2.07 bits per heavy atom. The van der Waals surface area contributed by atoms with Crippen LogP contribution < -0.4 is 10.5 Å². The molecule has 0 saturated carbocycles. The van der Waals surface area contributed by atoms with Gasteiger partial charge in [0.1, 0.15) is 17.6 Å². The highest BCUT2D eigenvalue weighted by Gasteiger charge is 2.23. The summed E-state index contributed by atoms with van der Waals surface area (Å²) in [6.45, 7) is 0.272. The maximum absolute atomic E-state index is 11.6. The number of sulfonamides is 1. The van der Waals surface area contributed by atoms with Gasteiger partial charge in [-0.2, -0.15) is 0 Å². The molecule has 1 aromatic rings. The molecule has 0 saturated heterocycles. The third-order valence-electron chi connectivity index (χ3n) is 3.55. The fraction of sp³-hybridized carbons (Fsp3) is 0.500. The largest absolute Gasteiger partial charge is 0.371 e. The van der Waals surface area contributed by atoms with Crippen LogP contribution >= 0.6 is 23.5 Å². The van der Waals surface area contributed by atoms with Crippen LogP contribution in [-0.4, -0.2) is 48.8 Å². The van der Waals surface area contributed by atoms with Crippen molar-refractivity contribution in [3.05, 3.63) is 37.4 Å². The van der Waals surface area contributed by atoms with Gasteiger partial charge in [-0.15, -0.1) is 20.2 Å². The molecule has 3 N–H and O–H groups in total. The molecule has 1 aliphatic rings. The lowest BCUT2D eigenvalue weighted by atomic mass is 10.2. The second kappa shape index (κ2) is 9.42. The molecule has 1 aliphatic heterocycles. The van der Waals surface area contributed by atoms with Gasteiger partial charge in [0.2, 0.25) is 10.0 Å². The third kappa shape index (κ3) is 6.52. The Balaban J connectivity index is 1.94. The molecule has 0 aliphatic carbocycles. The lowest BCUT2D eigenvalue weighted by Crippen LogP contribution is -2.30. The van der Waals surface area contributed by atoms with E-state index in [9.17, 15) is 28.6 Å². The van der Waals surface area contributed by atoms with E-state index in [0.717, 1.165) is 0 Å². The van der Waals surface area contributed by atoms with Crippen molar-refractivity contribution in [1.29, 1.82) is 0 Å².